The number of benzene rings is 1. The maximum absolute atomic E-state index is 12.2. The number of hydrogen-bond donors (Lipinski definition) is 2. The summed E-state index contributed by atoms with van der Waals surface area (Å²) < 4.78 is 5.93. The van der Waals surface area contributed by atoms with E-state index in [-0.39, 0.29) is 18.2 Å². The molecule has 0 radical (unpaired) electrons. The van der Waals surface area contributed by atoms with E-state index in [0.29, 0.717) is 12.6 Å². The average molecular weight is 329 g/mol. The standard InChI is InChI=1S/C19H27N3O2/c23-19(21-16-9-14-5-1-2-6-15(14)10-16)20-11-18-12-22-8-4-3-7-17(22)13-24-18/h1-2,5-6,16-18H,3-4,7-13H2,(H2,20,21,23). The van der Waals surface area contributed by atoms with Gasteiger partial charge < -0.3 is 15.4 Å². The third-order valence-electron chi connectivity index (χ3n) is 5.59. The highest BCUT2D eigenvalue weighted by Crippen LogP contribution is 2.22. The number of urea groups is 1. The molecule has 2 heterocycles. The molecular weight excluding hydrogens is 302 g/mol. The maximum atomic E-state index is 12.2. The van der Waals surface area contributed by atoms with Gasteiger partial charge in [0, 0.05) is 25.2 Å². The first-order valence-corrected chi connectivity index (χ1v) is 9.25. The molecule has 1 aromatic carbocycles. The Balaban J connectivity index is 1.20. The van der Waals surface area contributed by atoms with Gasteiger partial charge in [0.2, 0.25) is 0 Å². The van der Waals surface area contributed by atoms with Gasteiger partial charge in [0.15, 0.2) is 0 Å². The Kier molecular flexibility index (Phi) is 4.72. The van der Waals surface area contributed by atoms with E-state index in [1.807, 2.05) is 0 Å². The predicted molar refractivity (Wildman–Crippen MR) is 93.1 cm³/mol. The normalized spacial score (nSPS) is 27.3. The van der Waals surface area contributed by atoms with Crippen molar-refractivity contribution in [2.24, 2.45) is 0 Å². The van der Waals surface area contributed by atoms with E-state index in [2.05, 4.69) is 39.8 Å². The number of amides is 2. The minimum absolute atomic E-state index is 0.0721. The van der Waals surface area contributed by atoms with Gasteiger partial charge in [-0.15, -0.1) is 0 Å². The van der Waals surface area contributed by atoms with Crippen molar-refractivity contribution in [3.63, 3.8) is 0 Å². The number of carbonyl (C=O) groups is 1. The first-order chi connectivity index (χ1) is 11.8. The van der Waals surface area contributed by atoms with E-state index in [4.69, 9.17) is 4.74 Å². The Bertz CT molecular complexity index is 567. The van der Waals surface area contributed by atoms with E-state index in [1.165, 1.54) is 36.9 Å². The minimum Gasteiger partial charge on any atom is -0.373 e. The average Bonchev–Trinajstić information content (AvgIpc) is 3.02. The first-order valence-electron chi connectivity index (χ1n) is 9.25. The summed E-state index contributed by atoms with van der Waals surface area (Å²) in [5.74, 6) is 0. The van der Waals surface area contributed by atoms with Crippen molar-refractivity contribution in [3.05, 3.63) is 35.4 Å². The van der Waals surface area contributed by atoms with Crippen LogP contribution in [-0.2, 0) is 17.6 Å². The van der Waals surface area contributed by atoms with E-state index in [1.54, 1.807) is 0 Å². The first kappa shape index (κ1) is 15.9. The van der Waals surface area contributed by atoms with Crippen LogP contribution in [0.15, 0.2) is 24.3 Å². The molecule has 0 saturated carbocycles. The lowest BCUT2D eigenvalue weighted by Gasteiger charge is -2.42. The van der Waals surface area contributed by atoms with Crippen LogP contribution in [0.25, 0.3) is 0 Å². The van der Waals surface area contributed by atoms with E-state index in [0.717, 1.165) is 26.0 Å². The molecule has 24 heavy (non-hydrogen) atoms. The van der Waals surface area contributed by atoms with E-state index >= 15 is 0 Å². The number of carbonyl (C=O) groups excluding carboxylic acids is 1. The lowest BCUT2D eigenvalue weighted by molar-refractivity contribution is -0.0723. The molecule has 0 spiro atoms. The molecule has 2 N–H and O–H groups in total. The van der Waals surface area contributed by atoms with Gasteiger partial charge in [-0.1, -0.05) is 30.7 Å². The second-order valence-corrected chi connectivity index (χ2v) is 7.33. The Morgan fingerprint density at radius 3 is 2.79 bits per heavy atom. The minimum atomic E-state index is -0.0721. The fourth-order valence-corrected chi connectivity index (χ4v) is 4.28. The highest BCUT2D eigenvalue weighted by atomic mass is 16.5. The highest BCUT2D eigenvalue weighted by molar-refractivity contribution is 5.74. The third-order valence-corrected chi connectivity index (χ3v) is 5.59. The molecule has 5 nitrogen and oxygen atoms in total. The molecule has 1 aromatic rings. The summed E-state index contributed by atoms with van der Waals surface area (Å²) in [6.07, 6.45) is 5.84. The predicted octanol–water partition coefficient (Wildman–Crippen LogP) is 1.71. The molecule has 2 saturated heterocycles. The summed E-state index contributed by atoms with van der Waals surface area (Å²) in [7, 11) is 0. The van der Waals surface area contributed by atoms with Crippen molar-refractivity contribution in [1.82, 2.24) is 15.5 Å². The van der Waals surface area contributed by atoms with Crippen LogP contribution in [0, 0.1) is 0 Å². The molecule has 130 valence electrons. The molecule has 2 amide bonds. The summed E-state index contributed by atoms with van der Waals surface area (Å²) in [6, 6.07) is 9.17. The number of rotatable bonds is 3. The van der Waals surface area contributed by atoms with Gasteiger partial charge in [0.25, 0.3) is 0 Å². The molecule has 4 rings (SSSR count). The number of hydrogen-bond acceptors (Lipinski definition) is 3. The van der Waals surface area contributed by atoms with Gasteiger partial charge >= 0.3 is 6.03 Å². The van der Waals surface area contributed by atoms with Gasteiger partial charge in [0.1, 0.15) is 0 Å². The van der Waals surface area contributed by atoms with Crippen LogP contribution in [0.3, 0.4) is 0 Å². The van der Waals surface area contributed by atoms with Crippen molar-refractivity contribution in [3.8, 4) is 0 Å². The summed E-state index contributed by atoms with van der Waals surface area (Å²) in [5, 5.41) is 6.10. The van der Waals surface area contributed by atoms with Gasteiger partial charge in [-0.05, 0) is 43.4 Å². The maximum Gasteiger partial charge on any atom is 0.315 e. The Morgan fingerprint density at radius 1 is 1.21 bits per heavy atom. The lowest BCUT2D eigenvalue weighted by atomic mass is 10.0. The van der Waals surface area contributed by atoms with Crippen molar-refractivity contribution in [2.45, 2.75) is 50.3 Å². The Morgan fingerprint density at radius 2 is 2.00 bits per heavy atom. The fourth-order valence-electron chi connectivity index (χ4n) is 4.28. The SMILES string of the molecule is O=C(NCC1CN2CCCCC2CO1)NC1Cc2ccccc2C1. The highest BCUT2D eigenvalue weighted by Gasteiger charge is 2.31. The quantitative estimate of drug-likeness (QED) is 0.888. The zero-order valence-corrected chi connectivity index (χ0v) is 14.2. The molecule has 3 aliphatic rings. The monoisotopic (exact) mass is 329 g/mol. The number of morpholine rings is 1. The van der Waals surface area contributed by atoms with Crippen LogP contribution >= 0.6 is 0 Å². The van der Waals surface area contributed by atoms with Crippen LogP contribution in [0.5, 0.6) is 0 Å². The summed E-state index contributed by atoms with van der Waals surface area (Å²) in [6.45, 7) is 3.53. The topological polar surface area (TPSA) is 53.6 Å². The smallest absolute Gasteiger partial charge is 0.315 e. The second-order valence-electron chi connectivity index (χ2n) is 7.33. The van der Waals surface area contributed by atoms with Crippen LogP contribution in [-0.4, -0.2) is 55.4 Å². The number of piperidine rings is 1. The van der Waals surface area contributed by atoms with Crippen molar-refractivity contribution < 1.29 is 9.53 Å². The van der Waals surface area contributed by atoms with Crippen molar-refractivity contribution in [1.29, 1.82) is 0 Å². The number of ether oxygens (including phenoxy) is 1. The lowest BCUT2D eigenvalue weighted by Crippen LogP contribution is -2.55. The van der Waals surface area contributed by atoms with Crippen molar-refractivity contribution in [2.75, 3.05) is 26.2 Å². The number of nitrogens with zero attached hydrogens (tertiary/aromatic N) is 1. The van der Waals surface area contributed by atoms with E-state index in [9.17, 15) is 4.79 Å². The summed E-state index contributed by atoms with van der Waals surface area (Å²) in [4.78, 5) is 14.7. The molecule has 5 heteroatoms. The largest absolute Gasteiger partial charge is 0.373 e. The molecule has 2 unspecified atom stereocenters. The number of fused-ring (bicyclic) bond motifs is 2. The fraction of sp³-hybridized carbons (Fsp3) is 0.632. The zero-order valence-electron chi connectivity index (χ0n) is 14.2. The van der Waals surface area contributed by atoms with Crippen molar-refractivity contribution >= 4 is 6.03 Å². The summed E-state index contributed by atoms with van der Waals surface area (Å²) in [5.41, 5.74) is 2.71. The molecule has 0 aromatic heterocycles. The number of nitrogens with one attached hydrogen (secondary N) is 2. The molecule has 2 fully saturated rings. The van der Waals surface area contributed by atoms with Gasteiger partial charge in [-0.3, -0.25) is 4.90 Å². The van der Waals surface area contributed by atoms with Gasteiger partial charge in [0.05, 0.1) is 12.7 Å². The Hall–Kier alpha value is -1.59. The Labute approximate surface area is 143 Å². The van der Waals surface area contributed by atoms with Crippen LogP contribution in [0.2, 0.25) is 0 Å². The van der Waals surface area contributed by atoms with Crippen LogP contribution in [0.4, 0.5) is 4.79 Å². The molecule has 2 atom stereocenters. The van der Waals surface area contributed by atoms with E-state index < -0.39 is 0 Å². The molecule has 1 aliphatic carbocycles. The van der Waals surface area contributed by atoms with Gasteiger partial charge in [-0.2, -0.15) is 0 Å². The zero-order chi connectivity index (χ0) is 16.4. The molecular formula is C19H27N3O2. The van der Waals surface area contributed by atoms with Crippen LogP contribution in [0.1, 0.15) is 30.4 Å². The third kappa shape index (κ3) is 3.57. The second kappa shape index (κ2) is 7.11. The summed E-state index contributed by atoms with van der Waals surface area (Å²) >= 11 is 0. The van der Waals surface area contributed by atoms with Crippen LogP contribution < -0.4 is 10.6 Å². The van der Waals surface area contributed by atoms with Gasteiger partial charge in [-0.25, -0.2) is 4.79 Å². The molecule has 0 bridgehead atoms. The molecule has 2 aliphatic heterocycles.